The van der Waals surface area contributed by atoms with Crippen LogP contribution in [0.25, 0.3) is 0 Å². The molecule has 0 unspecified atom stereocenters. The molecule has 0 bridgehead atoms. The molecule has 4 nitrogen and oxygen atoms in total. The summed E-state index contributed by atoms with van der Waals surface area (Å²) < 4.78 is 24.5. The van der Waals surface area contributed by atoms with Crippen molar-refractivity contribution >= 4 is 21.8 Å². The van der Waals surface area contributed by atoms with E-state index in [0.717, 1.165) is 25.4 Å². The number of benzene rings is 1. The molecule has 2 rings (SSSR count). The van der Waals surface area contributed by atoms with Gasteiger partial charge in [0.2, 0.25) is 10.0 Å². The Kier molecular flexibility index (Phi) is 4.66. The summed E-state index contributed by atoms with van der Waals surface area (Å²) in [4.78, 5) is 3.63. The Hall–Kier alpha value is -0.560. The number of sulfonamides is 1. The largest absolute Gasteiger partial charge is 0.297 e. The van der Waals surface area contributed by atoms with E-state index in [1.54, 1.807) is 0 Å². The van der Waals surface area contributed by atoms with Crippen molar-refractivity contribution in [3.8, 4) is 0 Å². The van der Waals surface area contributed by atoms with Crippen LogP contribution in [0.5, 0.6) is 0 Å². The molecule has 1 aromatic carbocycles. The second-order valence-corrected chi connectivity index (χ2v) is 7.37. The first-order valence-corrected chi connectivity index (χ1v) is 8.80. The van der Waals surface area contributed by atoms with Crippen LogP contribution in [0.3, 0.4) is 0 Å². The SMILES string of the molecule is CS(=O)(=O)NCCN1CCSc2ccccc2C1. The molecule has 1 N–H and O–H groups in total. The van der Waals surface area contributed by atoms with Gasteiger partial charge in [0.1, 0.15) is 0 Å². The van der Waals surface area contributed by atoms with Gasteiger partial charge in [0, 0.05) is 36.8 Å². The van der Waals surface area contributed by atoms with Crippen LogP contribution in [0.1, 0.15) is 5.56 Å². The number of thioether (sulfide) groups is 1. The first-order chi connectivity index (χ1) is 8.54. The van der Waals surface area contributed by atoms with Crippen LogP contribution < -0.4 is 4.72 Å². The standard InChI is InChI=1S/C12H18N2O2S2/c1-18(15,16)13-6-7-14-8-9-17-12-5-3-2-4-11(12)10-14/h2-5,13H,6-10H2,1H3. The van der Waals surface area contributed by atoms with E-state index < -0.39 is 10.0 Å². The first kappa shape index (κ1) is 13.9. The van der Waals surface area contributed by atoms with Crippen LogP contribution in [-0.2, 0) is 16.6 Å². The quantitative estimate of drug-likeness (QED) is 0.902. The van der Waals surface area contributed by atoms with E-state index in [1.807, 2.05) is 11.8 Å². The van der Waals surface area contributed by atoms with Crippen molar-refractivity contribution in [2.45, 2.75) is 11.4 Å². The van der Waals surface area contributed by atoms with Crippen molar-refractivity contribution in [2.24, 2.45) is 0 Å². The third kappa shape index (κ3) is 4.28. The average molecular weight is 286 g/mol. The van der Waals surface area contributed by atoms with E-state index >= 15 is 0 Å². The molecule has 0 saturated carbocycles. The predicted molar refractivity (Wildman–Crippen MR) is 75.3 cm³/mol. The molecule has 0 saturated heterocycles. The molecular weight excluding hydrogens is 268 g/mol. The van der Waals surface area contributed by atoms with E-state index in [2.05, 4.69) is 33.9 Å². The van der Waals surface area contributed by atoms with Gasteiger partial charge in [-0.25, -0.2) is 13.1 Å². The van der Waals surface area contributed by atoms with Crippen molar-refractivity contribution in [2.75, 3.05) is 31.6 Å². The molecular formula is C12H18N2O2S2. The van der Waals surface area contributed by atoms with E-state index in [1.165, 1.54) is 16.7 Å². The van der Waals surface area contributed by atoms with Crippen LogP contribution in [0, 0.1) is 0 Å². The van der Waals surface area contributed by atoms with Crippen LogP contribution in [-0.4, -0.2) is 45.0 Å². The molecule has 18 heavy (non-hydrogen) atoms. The third-order valence-corrected chi connectivity index (χ3v) is 4.65. The van der Waals surface area contributed by atoms with Gasteiger partial charge >= 0.3 is 0 Å². The lowest BCUT2D eigenvalue weighted by Gasteiger charge is -2.19. The van der Waals surface area contributed by atoms with Gasteiger partial charge in [-0.1, -0.05) is 18.2 Å². The summed E-state index contributed by atoms with van der Waals surface area (Å²) in [5, 5.41) is 0. The van der Waals surface area contributed by atoms with Gasteiger partial charge in [-0.2, -0.15) is 0 Å². The van der Waals surface area contributed by atoms with Gasteiger partial charge in [0.15, 0.2) is 0 Å². The fraction of sp³-hybridized carbons (Fsp3) is 0.500. The minimum absolute atomic E-state index is 0.478. The zero-order valence-corrected chi connectivity index (χ0v) is 12.1. The summed E-state index contributed by atoms with van der Waals surface area (Å²) in [6.07, 6.45) is 1.20. The van der Waals surface area contributed by atoms with Crippen molar-refractivity contribution < 1.29 is 8.42 Å². The minimum atomic E-state index is -3.08. The Balaban J connectivity index is 1.92. The average Bonchev–Trinajstić information content (AvgIpc) is 2.49. The highest BCUT2D eigenvalue weighted by Gasteiger charge is 2.14. The monoisotopic (exact) mass is 286 g/mol. The highest BCUT2D eigenvalue weighted by Crippen LogP contribution is 2.26. The fourth-order valence-electron chi connectivity index (χ4n) is 1.96. The summed E-state index contributed by atoms with van der Waals surface area (Å²) in [7, 11) is -3.08. The zero-order valence-electron chi connectivity index (χ0n) is 10.4. The lowest BCUT2D eigenvalue weighted by atomic mass is 10.2. The lowest BCUT2D eigenvalue weighted by Crippen LogP contribution is -2.34. The van der Waals surface area contributed by atoms with Gasteiger partial charge in [0.25, 0.3) is 0 Å². The predicted octanol–water partition coefficient (Wildman–Crippen LogP) is 1.14. The van der Waals surface area contributed by atoms with E-state index in [0.29, 0.717) is 6.54 Å². The molecule has 0 amide bonds. The number of rotatable bonds is 4. The van der Waals surface area contributed by atoms with Crippen LogP contribution >= 0.6 is 11.8 Å². The normalized spacial score (nSPS) is 17.2. The fourth-order valence-corrected chi connectivity index (χ4v) is 3.48. The number of nitrogens with zero attached hydrogens (tertiary/aromatic N) is 1. The molecule has 1 aliphatic rings. The second kappa shape index (κ2) is 6.06. The third-order valence-electron chi connectivity index (χ3n) is 2.82. The Morgan fingerprint density at radius 3 is 2.94 bits per heavy atom. The summed E-state index contributed by atoms with van der Waals surface area (Å²) in [5.74, 6) is 1.05. The number of hydrogen-bond donors (Lipinski definition) is 1. The first-order valence-electron chi connectivity index (χ1n) is 5.92. The smallest absolute Gasteiger partial charge is 0.208 e. The van der Waals surface area contributed by atoms with Crippen molar-refractivity contribution in [3.63, 3.8) is 0 Å². The Labute approximate surface area is 113 Å². The molecule has 0 aromatic heterocycles. The molecule has 0 radical (unpaired) electrons. The Morgan fingerprint density at radius 1 is 1.39 bits per heavy atom. The Morgan fingerprint density at radius 2 is 2.17 bits per heavy atom. The molecule has 1 aliphatic heterocycles. The molecule has 1 heterocycles. The maximum atomic E-state index is 11.0. The van der Waals surface area contributed by atoms with E-state index in [4.69, 9.17) is 0 Å². The lowest BCUT2D eigenvalue weighted by molar-refractivity contribution is 0.288. The molecule has 1 aromatic rings. The number of hydrogen-bond acceptors (Lipinski definition) is 4. The maximum Gasteiger partial charge on any atom is 0.208 e. The van der Waals surface area contributed by atoms with Crippen LogP contribution in [0.15, 0.2) is 29.2 Å². The van der Waals surface area contributed by atoms with Crippen molar-refractivity contribution in [1.29, 1.82) is 0 Å². The molecule has 0 aliphatic carbocycles. The highest BCUT2D eigenvalue weighted by molar-refractivity contribution is 7.99. The minimum Gasteiger partial charge on any atom is -0.297 e. The summed E-state index contributed by atoms with van der Waals surface area (Å²) in [5.41, 5.74) is 1.33. The summed E-state index contributed by atoms with van der Waals surface area (Å²) in [6.45, 7) is 3.12. The number of fused-ring (bicyclic) bond motifs is 1. The van der Waals surface area contributed by atoms with Gasteiger partial charge in [-0.05, 0) is 11.6 Å². The summed E-state index contributed by atoms with van der Waals surface area (Å²) in [6, 6.07) is 8.41. The summed E-state index contributed by atoms with van der Waals surface area (Å²) >= 11 is 1.87. The second-order valence-electron chi connectivity index (χ2n) is 4.40. The van der Waals surface area contributed by atoms with Crippen molar-refractivity contribution in [3.05, 3.63) is 29.8 Å². The highest BCUT2D eigenvalue weighted by atomic mass is 32.2. The molecule has 6 heteroatoms. The number of nitrogens with one attached hydrogen (secondary N) is 1. The van der Waals surface area contributed by atoms with Gasteiger partial charge in [-0.3, -0.25) is 4.90 Å². The van der Waals surface area contributed by atoms with Crippen molar-refractivity contribution in [1.82, 2.24) is 9.62 Å². The topological polar surface area (TPSA) is 49.4 Å². The van der Waals surface area contributed by atoms with E-state index in [-0.39, 0.29) is 0 Å². The van der Waals surface area contributed by atoms with E-state index in [9.17, 15) is 8.42 Å². The Bertz CT molecular complexity index is 503. The molecule has 0 fully saturated rings. The maximum absolute atomic E-state index is 11.0. The van der Waals surface area contributed by atoms with Crippen LogP contribution in [0.2, 0.25) is 0 Å². The van der Waals surface area contributed by atoms with Gasteiger partial charge in [-0.15, -0.1) is 11.8 Å². The molecule has 0 atom stereocenters. The van der Waals surface area contributed by atoms with Crippen LogP contribution in [0.4, 0.5) is 0 Å². The zero-order chi connectivity index (χ0) is 13.0. The van der Waals surface area contributed by atoms with Gasteiger partial charge in [0.05, 0.1) is 6.26 Å². The molecule has 100 valence electrons. The van der Waals surface area contributed by atoms with Gasteiger partial charge < -0.3 is 0 Å². The molecule has 0 spiro atoms.